The van der Waals surface area contributed by atoms with Crippen molar-refractivity contribution in [3.8, 4) is 0 Å². The molecule has 5 rings (SSSR count). The second-order valence-corrected chi connectivity index (χ2v) is 15.0. The molecule has 0 radical (unpaired) electrons. The average Bonchev–Trinajstić information content (AvgIpc) is 3.49. The molecule has 1 saturated heterocycles. The number of thioether (sulfide) groups is 1. The third-order valence-corrected chi connectivity index (χ3v) is 13.5. The van der Waals surface area contributed by atoms with E-state index in [9.17, 15) is 14.4 Å². The number of methoxy groups -OCH3 is 1. The molecular weight excluding hydrogens is 516 g/mol. The van der Waals surface area contributed by atoms with Gasteiger partial charge >= 0.3 is 17.9 Å². The van der Waals surface area contributed by atoms with Crippen molar-refractivity contribution in [3.63, 3.8) is 0 Å². The predicted octanol–water partition coefficient (Wildman–Crippen LogP) is 5.78. The molecule has 0 bridgehead atoms. The van der Waals surface area contributed by atoms with Crippen molar-refractivity contribution in [1.82, 2.24) is 0 Å². The number of carbonyl (C=O) groups excluding carboxylic acids is 3. The molecule has 1 aliphatic heterocycles. The number of esters is 3. The Labute approximate surface area is 238 Å². The first-order valence-corrected chi connectivity index (χ1v) is 16.1. The number of hydrogen-bond acceptors (Lipinski definition) is 8. The molecule has 5 aliphatic rings. The second-order valence-electron chi connectivity index (χ2n) is 13.6. The van der Waals surface area contributed by atoms with E-state index in [1.54, 1.807) is 0 Å². The minimum Gasteiger partial charge on any atom is -0.469 e. The summed E-state index contributed by atoms with van der Waals surface area (Å²) < 4.78 is 23.7. The Balaban J connectivity index is 1.51. The van der Waals surface area contributed by atoms with Crippen LogP contribution >= 0.6 is 11.8 Å². The van der Waals surface area contributed by atoms with E-state index in [0.717, 1.165) is 63.7 Å². The van der Waals surface area contributed by atoms with Gasteiger partial charge in [-0.1, -0.05) is 20.8 Å². The summed E-state index contributed by atoms with van der Waals surface area (Å²) in [6, 6.07) is 0. The van der Waals surface area contributed by atoms with E-state index < -0.39 is 0 Å². The van der Waals surface area contributed by atoms with Crippen LogP contribution in [0.15, 0.2) is 0 Å². The van der Waals surface area contributed by atoms with Gasteiger partial charge in [0.2, 0.25) is 0 Å². The van der Waals surface area contributed by atoms with E-state index >= 15 is 0 Å². The van der Waals surface area contributed by atoms with Crippen LogP contribution in [0.25, 0.3) is 0 Å². The summed E-state index contributed by atoms with van der Waals surface area (Å²) in [5.74, 6) is 2.65. The molecule has 2 unspecified atom stereocenters. The second kappa shape index (κ2) is 10.8. The smallest absolute Gasteiger partial charge is 0.305 e. The van der Waals surface area contributed by atoms with Gasteiger partial charge in [0.05, 0.1) is 13.7 Å². The quantitative estimate of drug-likeness (QED) is 0.296. The molecule has 0 aromatic heterocycles. The molecule has 5 fully saturated rings. The van der Waals surface area contributed by atoms with Crippen LogP contribution in [0.5, 0.6) is 0 Å². The Kier molecular flexibility index (Phi) is 8.13. The molecule has 0 N–H and O–H groups in total. The average molecular weight is 565 g/mol. The van der Waals surface area contributed by atoms with Crippen molar-refractivity contribution in [1.29, 1.82) is 0 Å². The molecule has 11 atom stereocenters. The maximum Gasteiger partial charge on any atom is 0.305 e. The maximum atomic E-state index is 12.4. The Hall–Kier alpha value is -1.28. The molecule has 0 amide bonds. The summed E-state index contributed by atoms with van der Waals surface area (Å²) in [4.78, 5) is 35.9. The van der Waals surface area contributed by atoms with Crippen molar-refractivity contribution in [3.05, 3.63) is 0 Å². The van der Waals surface area contributed by atoms with Gasteiger partial charge in [0.15, 0.2) is 0 Å². The third-order valence-electron chi connectivity index (χ3n) is 12.0. The standard InChI is InChI=1S/C31H48O7S/c1-18(7-10-27(34)35-6)23-8-9-24-28-25(17-31(30(23,24)5)36-13-14-39-31)29(4)12-11-22(37-19(2)32)15-21(29)16-26(28)38-20(3)33/h18,21-26,28H,7-17H2,1-6H3/t18-,21?,22-,23-,24+,25+,26-,28+,29+,30-,31?/m1/s1. The Morgan fingerprint density at radius 1 is 1.03 bits per heavy atom. The van der Waals surface area contributed by atoms with Crippen molar-refractivity contribution >= 4 is 29.7 Å². The van der Waals surface area contributed by atoms with Crippen LogP contribution in [0.4, 0.5) is 0 Å². The zero-order valence-corrected chi connectivity index (χ0v) is 25.5. The van der Waals surface area contributed by atoms with Gasteiger partial charge in [-0.25, -0.2) is 0 Å². The number of rotatable bonds is 6. The molecule has 0 aromatic rings. The summed E-state index contributed by atoms with van der Waals surface area (Å²) in [6.07, 6.45) is 7.86. The lowest BCUT2D eigenvalue weighted by atomic mass is 9.42. The highest BCUT2D eigenvalue weighted by Gasteiger charge is 2.72. The Morgan fingerprint density at radius 2 is 1.77 bits per heavy atom. The minimum atomic E-state index is -0.266. The fraction of sp³-hybridized carbons (Fsp3) is 0.903. The molecule has 39 heavy (non-hydrogen) atoms. The van der Waals surface area contributed by atoms with Crippen LogP contribution in [-0.2, 0) is 33.3 Å². The summed E-state index contributed by atoms with van der Waals surface area (Å²) in [5, 5.41) is 0. The number of fused-ring (bicyclic) bond motifs is 6. The molecule has 8 heteroatoms. The van der Waals surface area contributed by atoms with Crippen molar-refractivity contribution in [2.45, 2.75) is 110 Å². The van der Waals surface area contributed by atoms with E-state index in [4.69, 9.17) is 18.9 Å². The lowest BCUT2D eigenvalue weighted by Gasteiger charge is -2.66. The van der Waals surface area contributed by atoms with Gasteiger partial charge in [-0.15, -0.1) is 11.8 Å². The Bertz CT molecular complexity index is 963. The van der Waals surface area contributed by atoms with Gasteiger partial charge in [-0.05, 0) is 86.4 Å². The monoisotopic (exact) mass is 564 g/mol. The maximum absolute atomic E-state index is 12.4. The SMILES string of the molecule is COC(=O)CC[C@@H](C)[C@H]1CC[C@H]2[C@@H]3[C@H](OC(C)=O)CC4C[C@H](OC(C)=O)CC[C@]4(C)[C@H]3CC3(OCCS3)[C@]12C. The van der Waals surface area contributed by atoms with Gasteiger partial charge in [0.25, 0.3) is 0 Å². The predicted molar refractivity (Wildman–Crippen MR) is 149 cm³/mol. The minimum absolute atomic E-state index is 0.0541. The van der Waals surface area contributed by atoms with E-state index in [1.807, 2.05) is 11.8 Å². The molecule has 0 aromatic carbocycles. The Morgan fingerprint density at radius 3 is 2.41 bits per heavy atom. The van der Waals surface area contributed by atoms with Crippen LogP contribution in [0, 0.1) is 46.3 Å². The topological polar surface area (TPSA) is 88.1 Å². The number of hydrogen-bond donors (Lipinski definition) is 0. The van der Waals surface area contributed by atoms with Crippen LogP contribution in [0.1, 0.15) is 92.4 Å². The van der Waals surface area contributed by atoms with E-state index in [-0.39, 0.29) is 45.9 Å². The first-order chi connectivity index (χ1) is 18.4. The summed E-state index contributed by atoms with van der Waals surface area (Å²) >= 11 is 2.02. The van der Waals surface area contributed by atoms with E-state index in [1.165, 1.54) is 21.0 Å². The highest BCUT2D eigenvalue weighted by molar-refractivity contribution is 8.00. The molecule has 7 nitrogen and oxygen atoms in total. The third kappa shape index (κ3) is 4.83. The largest absolute Gasteiger partial charge is 0.469 e. The molecule has 4 aliphatic carbocycles. The van der Waals surface area contributed by atoms with E-state index in [2.05, 4.69) is 20.8 Å². The fourth-order valence-corrected chi connectivity index (χ4v) is 11.8. The fourth-order valence-electron chi connectivity index (χ4n) is 10.3. The molecule has 1 spiro atoms. The first-order valence-electron chi connectivity index (χ1n) is 15.1. The van der Waals surface area contributed by atoms with Crippen LogP contribution < -0.4 is 0 Å². The van der Waals surface area contributed by atoms with Gasteiger partial charge in [-0.3, -0.25) is 14.4 Å². The highest BCUT2D eigenvalue weighted by Crippen LogP contribution is 2.74. The highest BCUT2D eigenvalue weighted by atomic mass is 32.2. The summed E-state index contributed by atoms with van der Waals surface area (Å²) in [7, 11) is 1.46. The van der Waals surface area contributed by atoms with Gasteiger partial charge in [0, 0.05) is 37.4 Å². The van der Waals surface area contributed by atoms with Gasteiger partial charge in [-0.2, -0.15) is 0 Å². The summed E-state index contributed by atoms with van der Waals surface area (Å²) in [5.41, 5.74) is 0.0226. The molecule has 220 valence electrons. The molecular formula is C31H48O7S. The first kappa shape index (κ1) is 29.2. The lowest BCUT2D eigenvalue weighted by Crippen LogP contribution is -2.66. The lowest BCUT2D eigenvalue weighted by molar-refractivity contribution is -0.232. The van der Waals surface area contributed by atoms with Crippen molar-refractivity contribution < 1.29 is 33.3 Å². The van der Waals surface area contributed by atoms with Crippen molar-refractivity contribution in [2.75, 3.05) is 19.5 Å². The zero-order valence-electron chi connectivity index (χ0n) is 24.7. The molecule has 4 saturated carbocycles. The zero-order chi connectivity index (χ0) is 28.2. The van der Waals surface area contributed by atoms with Gasteiger partial charge in [0.1, 0.15) is 17.1 Å². The van der Waals surface area contributed by atoms with Crippen LogP contribution in [0.2, 0.25) is 0 Å². The van der Waals surface area contributed by atoms with Crippen LogP contribution in [0.3, 0.4) is 0 Å². The van der Waals surface area contributed by atoms with Gasteiger partial charge < -0.3 is 18.9 Å². The normalized spacial score (nSPS) is 45.5. The van der Waals surface area contributed by atoms with Crippen LogP contribution in [-0.4, -0.2) is 54.5 Å². The van der Waals surface area contributed by atoms with E-state index in [0.29, 0.717) is 41.9 Å². The summed E-state index contributed by atoms with van der Waals surface area (Å²) in [6.45, 7) is 11.0. The molecule has 1 heterocycles. The number of ether oxygens (including phenoxy) is 4. The van der Waals surface area contributed by atoms with Crippen molar-refractivity contribution in [2.24, 2.45) is 46.3 Å². The number of carbonyl (C=O) groups is 3.